The Bertz CT molecular complexity index is 544. The highest BCUT2D eigenvalue weighted by molar-refractivity contribution is 7.88. The molecule has 0 fully saturated rings. The Kier molecular flexibility index (Phi) is 6.63. The number of amides is 1. The van der Waals surface area contributed by atoms with Gasteiger partial charge in [0.2, 0.25) is 15.9 Å². The van der Waals surface area contributed by atoms with Crippen LogP contribution in [0.4, 0.5) is 0 Å². The molecule has 1 rings (SSSR count). The van der Waals surface area contributed by atoms with Crippen molar-refractivity contribution in [2.45, 2.75) is 31.6 Å². The standard InChI is InChI=1S/C13H21N3O3S/c14-9-11-4-3-5-12(8-11)10-20(18,19)16-7-2-1-6-13(15)17/h3-5,8,16H,1-2,6-7,9-10,14H2,(H2,15,17). The summed E-state index contributed by atoms with van der Waals surface area (Å²) in [5.41, 5.74) is 12.1. The van der Waals surface area contributed by atoms with Crippen LogP contribution in [0.1, 0.15) is 30.4 Å². The molecule has 0 saturated heterocycles. The third-order valence-electron chi connectivity index (χ3n) is 2.76. The number of carbonyl (C=O) groups excluding carboxylic acids is 1. The van der Waals surface area contributed by atoms with Crippen LogP contribution in [-0.2, 0) is 27.1 Å². The van der Waals surface area contributed by atoms with Gasteiger partial charge in [0, 0.05) is 19.5 Å². The van der Waals surface area contributed by atoms with Gasteiger partial charge in [-0.3, -0.25) is 4.79 Å². The first-order valence-corrected chi connectivity index (χ1v) is 8.12. The minimum atomic E-state index is -3.37. The second kappa shape index (κ2) is 7.98. The fourth-order valence-electron chi connectivity index (χ4n) is 1.77. The summed E-state index contributed by atoms with van der Waals surface area (Å²) in [5.74, 6) is -0.442. The third kappa shape index (κ3) is 6.65. The van der Waals surface area contributed by atoms with Crippen LogP contribution in [0.15, 0.2) is 24.3 Å². The maximum absolute atomic E-state index is 11.9. The largest absolute Gasteiger partial charge is 0.370 e. The molecule has 0 aromatic heterocycles. The molecule has 1 aromatic carbocycles. The van der Waals surface area contributed by atoms with Gasteiger partial charge in [0.25, 0.3) is 0 Å². The summed E-state index contributed by atoms with van der Waals surface area (Å²) in [6.45, 7) is 0.695. The minimum Gasteiger partial charge on any atom is -0.370 e. The molecule has 0 radical (unpaired) electrons. The number of nitrogens with two attached hydrogens (primary N) is 2. The zero-order valence-electron chi connectivity index (χ0n) is 11.3. The monoisotopic (exact) mass is 299 g/mol. The van der Waals surface area contributed by atoms with Crippen molar-refractivity contribution in [3.8, 4) is 0 Å². The maximum atomic E-state index is 11.9. The number of hydrogen-bond acceptors (Lipinski definition) is 4. The number of primary amides is 1. The van der Waals surface area contributed by atoms with Crippen LogP contribution in [0, 0.1) is 0 Å². The second-order valence-corrected chi connectivity index (χ2v) is 6.41. The number of nitrogens with one attached hydrogen (secondary N) is 1. The summed E-state index contributed by atoms with van der Waals surface area (Å²) in [6, 6.07) is 7.19. The van der Waals surface area contributed by atoms with Crippen molar-refractivity contribution in [3.05, 3.63) is 35.4 Å². The smallest absolute Gasteiger partial charge is 0.217 e. The molecular formula is C13H21N3O3S. The molecule has 0 bridgehead atoms. The van der Waals surface area contributed by atoms with E-state index >= 15 is 0 Å². The van der Waals surface area contributed by atoms with Crippen LogP contribution in [0.2, 0.25) is 0 Å². The van der Waals surface area contributed by atoms with E-state index in [9.17, 15) is 13.2 Å². The van der Waals surface area contributed by atoms with Gasteiger partial charge >= 0.3 is 0 Å². The van der Waals surface area contributed by atoms with E-state index in [1.807, 2.05) is 6.07 Å². The molecule has 0 heterocycles. The topological polar surface area (TPSA) is 115 Å². The van der Waals surface area contributed by atoms with Gasteiger partial charge in [0.05, 0.1) is 5.75 Å². The molecule has 0 saturated carbocycles. The van der Waals surface area contributed by atoms with Gasteiger partial charge < -0.3 is 11.5 Å². The summed E-state index contributed by atoms with van der Waals surface area (Å²) in [4.78, 5) is 10.5. The quantitative estimate of drug-likeness (QED) is 0.566. The molecule has 7 heteroatoms. The number of carbonyl (C=O) groups is 1. The van der Waals surface area contributed by atoms with E-state index < -0.39 is 10.0 Å². The van der Waals surface area contributed by atoms with Gasteiger partial charge in [0.1, 0.15) is 0 Å². The van der Waals surface area contributed by atoms with E-state index in [0.717, 1.165) is 5.56 Å². The van der Waals surface area contributed by atoms with Gasteiger partial charge in [0.15, 0.2) is 0 Å². The molecule has 0 aliphatic rings. The third-order valence-corrected chi connectivity index (χ3v) is 4.11. The Morgan fingerprint density at radius 1 is 1.20 bits per heavy atom. The van der Waals surface area contributed by atoms with Crippen LogP contribution in [0.3, 0.4) is 0 Å². The van der Waals surface area contributed by atoms with Gasteiger partial charge in [-0.2, -0.15) is 0 Å². The highest BCUT2D eigenvalue weighted by atomic mass is 32.2. The summed E-state index contributed by atoms with van der Waals surface area (Å²) in [6.07, 6.45) is 1.45. The molecule has 0 aliphatic heterocycles. The zero-order valence-corrected chi connectivity index (χ0v) is 12.2. The van der Waals surface area contributed by atoms with Crippen molar-refractivity contribution in [2.24, 2.45) is 11.5 Å². The lowest BCUT2D eigenvalue weighted by Crippen LogP contribution is -2.26. The van der Waals surface area contributed by atoms with Crippen LogP contribution in [-0.4, -0.2) is 20.9 Å². The van der Waals surface area contributed by atoms with Crippen molar-refractivity contribution in [1.29, 1.82) is 0 Å². The maximum Gasteiger partial charge on any atom is 0.217 e. The van der Waals surface area contributed by atoms with E-state index in [0.29, 0.717) is 31.5 Å². The number of sulfonamides is 1. The number of hydrogen-bond donors (Lipinski definition) is 3. The van der Waals surface area contributed by atoms with Crippen molar-refractivity contribution < 1.29 is 13.2 Å². The lowest BCUT2D eigenvalue weighted by Gasteiger charge is -2.07. The van der Waals surface area contributed by atoms with E-state index in [1.54, 1.807) is 18.2 Å². The number of unbranched alkanes of at least 4 members (excludes halogenated alkanes) is 1. The Labute approximate surface area is 119 Å². The first-order chi connectivity index (χ1) is 9.43. The Morgan fingerprint density at radius 3 is 2.55 bits per heavy atom. The van der Waals surface area contributed by atoms with Crippen molar-refractivity contribution in [3.63, 3.8) is 0 Å². The summed E-state index contributed by atoms with van der Waals surface area (Å²) >= 11 is 0. The molecular weight excluding hydrogens is 278 g/mol. The molecule has 112 valence electrons. The van der Waals surface area contributed by atoms with E-state index in [1.165, 1.54) is 0 Å². The predicted octanol–water partition coefficient (Wildman–Crippen LogP) is 0.220. The molecule has 1 amide bonds. The number of rotatable bonds is 9. The molecule has 0 aliphatic carbocycles. The van der Waals surface area contributed by atoms with E-state index in [2.05, 4.69) is 4.72 Å². The predicted molar refractivity (Wildman–Crippen MR) is 78.0 cm³/mol. The average Bonchev–Trinajstić information content (AvgIpc) is 2.37. The van der Waals surface area contributed by atoms with E-state index in [4.69, 9.17) is 11.5 Å². The highest BCUT2D eigenvalue weighted by Crippen LogP contribution is 2.08. The first-order valence-electron chi connectivity index (χ1n) is 6.46. The summed E-state index contributed by atoms with van der Waals surface area (Å²) in [7, 11) is -3.37. The van der Waals surface area contributed by atoms with Crippen molar-refractivity contribution >= 4 is 15.9 Å². The average molecular weight is 299 g/mol. The molecule has 0 spiro atoms. The molecule has 1 aromatic rings. The lowest BCUT2D eigenvalue weighted by molar-refractivity contribution is -0.118. The van der Waals surface area contributed by atoms with Gasteiger partial charge in [-0.25, -0.2) is 13.1 Å². The lowest BCUT2D eigenvalue weighted by atomic mass is 10.1. The molecule has 20 heavy (non-hydrogen) atoms. The fourth-order valence-corrected chi connectivity index (χ4v) is 2.94. The molecule has 5 N–H and O–H groups in total. The summed E-state index contributed by atoms with van der Waals surface area (Å²) < 4.78 is 26.2. The van der Waals surface area contributed by atoms with Crippen LogP contribution in [0.25, 0.3) is 0 Å². The minimum absolute atomic E-state index is 0.0728. The second-order valence-electron chi connectivity index (χ2n) is 4.60. The van der Waals surface area contributed by atoms with Crippen LogP contribution >= 0.6 is 0 Å². The number of benzene rings is 1. The summed E-state index contributed by atoms with van der Waals surface area (Å²) in [5, 5.41) is 0. The van der Waals surface area contributed by atoms with Crippen molar-refractivity contribution in [2.75, 3.05) is 6.54 Å². The van der Waals surface area contributed by atoms with Gasteiger partial charge in [-0.1, -0.05) is 24.3 Å². The van der Waals surface area contributed by atoms with Crippen LogP contribution < -0.4 is 16.2 Å². The van der Waals surface area contributed by atoms with E-state index in [-0.39, 0.29) is 18.1 Å². The Morgan fingerprint density at radius 2 is 1.90 bits per heavy atom. The normalized spacial score (nSPS) is 11.4. The first kappa shape index (κ1) is 16.6. The Balaban J connectivity index is 2.42. The van der Waals surface area contributed by atoms with Gasteiger partial charge in [-0.15, -0.1) is 0 Å². The van der Waals surface area contributed by atoms with Crippen LogP contribution in [0.5, 0.6) is 0 Å². The molecule has 0 atom stereocenters. The molecule has 0 unspecified atom stereocenters. The highest BCUT2D eigenvalue weighted by Gasteiger charge is 2.11. The Hall–Kier alpha value is -1.44. The molecule has 6 nitrogen and oxygen atoms in total. The van der Waals surface area contributed by atoms with Gasteiger partial charge in [-0.05, 0) is 24.0 Å². The zero-order chi connectivity index (χ0) is 15.0. The fraction of sp³-hybridized carbons (Fsp3) is 0.462. The van der Waals surface area contributed by atoms with Crippen molar-refractivity contribution in [1.82, 2.24) is 4.72 Å². The SMILES string of the molecule is NCc1cccc(CS(=O)(=O)NCCCCC(N)=O)c1.